The van der Waals surface area contributed by atoms with Crippen molar-refractivity contribution in [3.8, 4) is 61.7 Å². The maximum absolute atomic E-state index is 5.47. The van der Waals surface area contributed by atoms with Crippen LogP contribution in [0.5, 0.6) is 0 Å². The van der Waals surface area contributed by atoms with Crippen LogP contribution in [0.4, 0.5) is 0 Å². The molecule has 11 aromatic carbocycles. The molecule has 0 bridgehead atoms. The van der Waals surface area contributed by atoms with E-state index in [2.05, 4.69) is 241 Å². The van der Waals surface area contributed by atoms with E-state index < -0.39 is 0 Å². The standard InChI is InChI=1S/C62H39N3/c1-3-16-40(17-4-1)41-32-34-42(35-33-41)45-21-13-22-46(38-45)61-53-26-11-12-30-55(53)63-62(64-61)52-29-14-28-50-48(52)27-15-31-56(50)65-57-37-36-44-20-7-8-23-47(44)59(57)60-51-25-10-9-24-49(51)54(39-58(60)65)43-18-5-2-6-19-43/h1-39H. The van der Waals surface area contributed by atoms with Crippen molar-refractivity contribution in [1.29, 1.82) is 0 Å². The van der Waals surface area contributed by atoms with E-state index in [1.807, 2.05) is 0 Å². The number of para-hydroxylation sites is 1. The van der Waals surface area contributed by atoms with Gasteiger partial charge in [-0.1, -0.05) is 206 Å². The normalized spacial score (nSPS) is 11.7. The highest BCUT2D eigenvalue weighted by Gasteiger charge is 2.22. The van der Waals surface area contributed by atoms with Gasteiger partial charge in [0, 0.05) is 32.7 Å². The SMILES string of the molecule is c1ccc(-c2ccc(-c3cccc(-c4nc(-c5cccc6c(-n7c8ccc9ccccc9c8c8c9ccccc9c(-c9ccccc9)cc87)cccc56)nc5ccccc45)c3)cc2)cc1. The van der Waals surface area contributed by atoms with E-state index in [0.29, 0.717) is 5.82 Å². The molecule has 0 amide bonds. The van der Waals surface area contributed by atoms with E-state index in [9.17, 15) is 0 Å². The molecule has 0 spiro atoms. The van der Waals surface area contributed by atoms with Gasteiger partial charge < -0.3 is 4.57 Å². The second-order valence-electron chi connectivity index (χ2n) is 16.9. The summed E-state index contributed by atoms with van der Waals surface area (Å²) in [5.41, 5.74) is 14.4. The Kier molecular flexibility index (Phi) is 8.53. The minimum absolute atomic E-state index is 0.699. The van der Waals surface area contributed by atoms with Crippen LogP contribution in [0.3, 0.4) is 0 Å². The van der Waals surface area contributed by atoms with Gasteiger partial charge in [-0.3, -0.25) is 0 Å². The molecular formula is C62H39N3. The molecule has 0 unspecified atom stereocenters. The van der Waals surface area contributed by atoms with Crippen molar-refractivity contribution < 1.29 is 0 Å². The zero-order valence-corrected chi connectivity index (χ0v) is 35.4. The summed E-state index contributed by atoms with van der Waals surface area (Å²) in [6.45, 7) is 0. The Hall–Kier alpha value is -8.66. The number of benzene rings is 11. The fourth-order valence-corrected chi connectivity index (χ4v) is 10.2. The number of fused-ring (bicyclic) bond motifs is 9. The summed E-state index contributed by atoms with van der Waals surface area (Å²) >= 11 is 0. The van der Waals surface area contributed by atoms with Gasteiger partial charge >= 0.3 is 0 Å². The molecule has 13 aromatic rings. The smallest absolute Gasteiger partial charge is 0.161 e. The summed E-state index contributed by atoms with van der Waals surface area (Å²) < 4.78 is 2.49. The first-order valence-corrected chi connectivity index (χ1v) is 22.2. The number of hydrogen-bond donors (Lipinski definition) is 0. The van der Waals surface area contributed by atoms with Crippen molar-refractivity contribution in [3.63, 3.8) is 0 Å². The molecular weight excluding hydrogens is 787 g/mol. The van der Waals surface area contributed by atoms with E-state index in [-0.39, 0.29) is 0 Å². The van der Waals surface area contributed by atoms with Crippen LogP contribution < -0.4 is 0 Å². The molecule has 13 rings (SSSR count). The van der Waals surface area contributed by atoms with Gasteiger partial charge in [-0.05, 0) is 90.6 Å². The molecule has 0 saturated heterocycles. The molecule has 65 heavy (non-hydrogen) atoms. The maximum Gasteiger partial charge on any atom is 0.161 e. The van der Waals surface area contributed by atoms with Gasteiger partial charge in [0.05, 0.1) is 27.9 Å². The number of aromatic nitrogens is 3. The van der Waals surface area contributed by atoms with Gasteiger partial charge in [0.25, 0.3) is 0 Å². The van der Waals surface area contributed by atoms with Gasteiger partial charge in [-0.15, -0.1) is 0 Å². The highest BCUT2D eigenvalue weighted by atomic mass is 15.0. The molecule has 2 heterocycles. The summed E-state index contributed by atoms with van der Waals surface area (Å²) in [6.07, 6.45) is 0. The lowest BCUT2D eigenvalue weighted by Crippen LogP contribution is -1.98. The summed E-state index contributed by atoms with van der Waals surface area (Å²) in [7, 11) is 0. The van der Waals surface area contributed by atoms with E-state index in [0.717, 1.165) is 55.3 Å². The number of nitrogens with zero attached hydrogens (tertiary/aromatic N) is 3. The highest BCUT2D eigenvalue weighted by molar-refractivity contribution is 6.30. The van der Waals surface area contributed by atoms with E-state index in [4.69, 9.17) is 9.97 Å². The molecule has 0 saturated carbocycles. The Morgan fingerprint density at radius 3 is 1.66 bits per heavy atom. The van der Waals surface area contributed by atoms with Gasteiger partial charge in [0.2, 0.25) is 0 Å². The van der Waals surface area contributed by atoms with Crippen molar-refractivity contribution in [2.45, 2.75) is 0 Å². The second kappa shape index (κ2) is 15.0. The van der Waals surface area contributed by atoms with Crippen LogP contribution in [-0.4, -0.2) is 14.5 Å². The predicted octanol–water partition coefficient (Wildman–Crippen LogP) is 16.5. The quantitative estimate of drug-likeness (QED) is 0.167. The van der Waals surface area contributed by atoms with Crippen LogP contribution in [0, 0.1) is 0 Å². The van der Waals surface area contributed by atoms with Crippen molar-refractivity contribution in [2.24, 2.45) is 0 Å². The van der Waals surface area contributed by atoms with Crippen LogP contribution in [0.1, 0.15) is 0 Å². The lowest BCUT2D eigenvalue weighted by atomic mass is 9.94. The van der Waals surface area contributed by atoms with E-state index >= 15 is 0 Å². The monoisotopic (exact) mass is 825 g/mol. The lowest BCUT2D eigenvalue weighted by Gasteiger charge is -2.16. The lowest BCUT2D eigenvalue weighted by molar-refractivity contribution is 1.20. The maximum atomic E-state index is 5.47. The van der Waals surface area contributed by atoms with Crippen molar-refractivity contribution in [2.75, 3.05) is 0 Å². The minimum atomic E-state index is 0.699. The van der Waals surface area contributed by atoms with Crippen LogP contribution >= 0.6 is 0 Å². The zero-order chi connectivity index (χ0) is 42.8. The summed E-state index contributed by atoms with van der Waals surface area (Å²) in [4.78, 5) is 10.8. The van der Waals surface area contributed by atoms with Gasteiger partial charge in [-0.2, -0.15) is 0 Å². The Bertz CT molecular complexity index is 3980. The Labute approximate surface area is 376 Å². The van der Waals surface area contributed by atoms with Gasteiger partial charge in [0.15, 0.2) is 5.82 Å². The number of hydrogen-bond acceptors (Lipinski definition) is 2. The topological polar surface area (TPSA) is 30.7 Å². The second-order valence-corrected chi connectivity index (χ2v) is 16.9. The summed E-state index contributed by atoms with van der Waals surface area (Å²) in [6, 6.07) is 85.2. The molecule has 0 radical (unpaired) electrons. The summed E-state index contributed by atoms with van der Waals surface area (Å²) in [5.74, 6) is 0.699. The third-order valence-corrected chi connectivity index (χ3v) is 13.2. The Morgan fingerprint density at radius 2 is 0.846 bits per heavy atom. The molecule has 3 nitrogen and oxygen atoms in total. The Morgan fingerprint density at radius 1 is 0.292 bits per heavy atom. The molecule has 0 fully saturated rings. The average Bonchev–Trinajstić information content (AvgIpc) is 3.73. The first-order valence-electron chi connectivity index (χ1n) is 22.2. The fourth-order valence-electron chi connectivity index (χ4n) is 10.2. The molecule has 0 atom stereocenters. The molecule has 2 aromatic heterocycles. The first-order chi connectivity index (χ1) is 32.2. The molecule has 3 heteroatoms. The van der Waals surface area contributed by atoms with Gasteiger partial charge in [-0.25, -0.2) is 9.97 Å². The van der Waals surface area contributed by atoms with Crippen molar-refractivity contribution in [3.05, 3.63) is 237 Å². The van der Waals surface area contributed by atoms with Crippen LogP contribution in [-0.2, 0) is 0 Å². The molecule has 0 N–H and O–H groups in total. The number of rotatable bonds is 6. The highest BCUT2D eigenvalue weighted by Crippen LogP contribution is 2.45. The predicted molar refractivity (Wildman–Crippen MR) is 274 cm³/mol. The van der Waals surface area contributed by atoms with Crippen molar-refractivity contribution in [1.82, 2.24) is 14.5 Å². The molecule has 0 aliphatic rings. The zero-order valence-electron chi connectivity index (χ0n) is 35.4. The molecule has 0 aliphatic heterocycles. The van der Waals surface area contributed by atoms with Gasteiger partial charge in [0.1, 0.15) is 0 Å². The summed E-state index contributed by atoms with van der Waals surface area (Å²) in [5, 5.41) is 10.7. The van der Waals surface area contributed by atoms with Crippen LogP contribution in [0.15, 0.2) is 237 Å². The molecule has 0 aliphatic carbocycles. The fraction of sp³-hybridized carbons (Fsp3) is 0. The first kappa shape index (κ1) is 36.9. The van der Waals surface area contributed by atoms with Crippen molar-refractivity contribution >= 4 is 65.0 Å². The molecule has 302 valence electrons. The van der Waals surface area contributed by atoms with Crippen LogP contribution in [0.2, 0.25) is 0 Å². The minimum Gasteiger partial charge on any atom is -0.309 e. The van der Waals surface area contributed by atoms with E-state index in [1.165, 1.54) is 65.6 Å². The largest absolute Gasteiger partial charge is 0.309 e. The third-order valence-electron chi connectivity index (χ3n) is 13.2. The average molecular weight is 826 g/mol. The van der Waals surface area contributed by atoms with E-state index in [1.54, 1.807) is 0 Å². The van der Waals surface area contributed by atoms with Crippen LogP contribution in [0.25, 0.3) is 127 Å². The third kappa shape index (κ3) is 6.05. The Balaban J connectivity index is 1.02.